The summed E-state index contributed by atoms with van der Waals surface area (Å²) in [5.41, 5.74) is 1.00. The zero-order valence-electron chi connectivity index (χ0n) is 10.9. The summed E-state index contributed by atoms with van der Waals surface area (Å²) in [5.74, 6) is 0.00624. The first-order valence-corrected chi connectivity index (χ1v) is 7.79. The van der Waals surface area contributed by atoms with Crippen LogP contribution in [0.2, 0.25) is 0 Å². The molecule has 0 unspecified atom stereocenters. The van der Waals surface area contributed by atoms with Gasteiger partial charge in [-0.05, 0) is 30.7 Å². The number of hydrogen-bond donors (Lipinski definition) is 0. The van der Waals surface area contributed by atoms with Gasteiger partial charge >= 0.3 is 0 Å². The average molecular weight is 287 g/mol. The first-order valence-electron chi connectivity index (χ1n) is 6.14. The third kappa shape index (κ3) is 2.83. The maximum absolute atomic E-state index is 12.1. The molecule has 0 saturated carbocycles. The molecule has 0 bridgehead atoms. The molecule has 0 N–H and O–H groups in total. The van der Waals surface area contributed by atoms with E-state index in [0.717, 1.165) is 0 Å². The van der Waals surface area contributed by atoms with Crippen LogP contribution in [0.15, 0.2) is 41.4 Å². The van der Waals surface area contributed by atoms with Gasteiger partial charge in [-0.3, -0.25) is 4.98 Å². The molecule has 2 rings (SSSR count). The first-order chi connectivity index (χ1) is 9.58. The van der Waals surface area contributed by atoms with Crippen molar-refractivity contribution in [3.8, 4) is 17.5 Å². The van der Waals surface area contributed by atoms with Gasteiger partial charge in [0.05, 0.1) is 17.1 Å². The highest BCUT2D eigenvalue weighted by molar-refractivity contribution is 7.91. The Kier molecular flexibility index (Phi) is 4.11. The van der Waals surface area contributed by atoms with E-state index in [1.54, 1.807) is 37.4 Å². The largest absolute Gasteiger partial charge is 0.255 e. The van der Waals surface area contributed by atoms with Crippen LogP contribution in [0.5, 0.6) is 0 Å². The Bertz CT molecular complexity index is 750. The van der Waals surface area contributed by atoms with Crippen LogP contribution in [0.4, 0.5) is 0 Å². The van der Waals surface area contributed by atoms with Gasteiger partial charge in [0.15, 0.2) is 15.5 Å². The van der Waals surface area contributed by atoms with E-state index in [9.17, 15) is 8.42 Å². The van der Waals surface area contributed by atoms with Gasteiger partial charge in [-0.15, -0.1) is 0 Å². The number of nitriles is 1. The molecule has 0 aliphatic heterocycles. The molecule has 5 nitrogen and oxygen atoms in total. The zero-order chi connectivity index (χ0) is 14.6. The lowest BCUT2D eigenvalue weighted by molar-refractivity contribution is 0.594. The number of aromatic nitrogens is 2. The Morgan fingerprint density at radius 2 is 2.00 bits per heavy atom. The van der Waals surface area contributed by atoms with Crippen LogP contribution in [0.25, 0.3) is 11.4 Å². The van der Waals surface area contributed by atoms with Crippen molar-refractivity contribution in [1.29, 1.82) is 5.26 Å². The SMILES string of the molecule is CCCS(=O)(=O)c1ccc(-c2ccccn2)nc1C#N. The maximum Gasteiger partial charge on any atom is 0.181 e. The lowest BCUT2D eigenvalue weighted by Gasteiger charge is -2.06. The van der Waals surface area contributed by atoms with E-state index in [2.05, 4.69) is 9.97 Å². The third-order valence-corrected chi connectivity index (χ3v) is 4.64. The van der Waals surface area contributed by atoms with E-state index in [1.807, 2.05) is 6.07 Å². The molecular weight excluding hydrogens is 274 g/mol. The molecule has 0 spiro atoms. The second-order valence-corrected chi connectivity index (χ2v) is 6.27. The number of hydrogen-bond acceptors (Lipinski definition) is 5. The summed E-state index contributed by atoms with van der Waals surface area (Å²) in [6.45, 7) is 1.78. The fraction of sp³-hybridized carbons (Fsp3) is 0.214. The number of nitrogens with zero attached hydrogens (tertiary/aromatic N) is 3. The van der Waals surface area contributed by atoms with Crippen molar-refractivity contribution < 1.29 is 8.42 Å². The molecule has 20 heavy (non-hydrogen) atoms. The van der Waals surface area contributed by atoms with Crippen LogP contribution in [0.1, 0.15) is 19.0 Å². The van der Waals surface area contributed by atoms with Gasteiger partial charge in [0.25, 0.3) is 0 Å². The van der Waals surface area contributed by atoms with E-state index >= 15 is 0 Å². The fourth-order valence-electron chi connectivity index (χ4n) is 1.81. The predicted octanol–water partition coefficient (Wildman–Crippen LogP) is 2.20. The van der Waals surface area contributed by atoms with Crippen molar-refractivity contribution in [3.63, 3.8) is 0 Å². The summed E-state index contributed by atoms with van der Waals surface area (Å²) < 4.78 is 24.1. The summed E-state index contributed by atoms with van der Waals surface area (Å²) in [6, 6.07) is 10.2. The second kappa shape index (κ2) is 5.80. The first kappa shape index (κ1) is 14.2. The molecule has 102 valence electrons. The minimum atomic E-state index is -3.46. The lowest BCUT2D eigenvalue weighted by Crippen LogP contribution is -2.09. The minimum Gasteiger partial charge on any atom is -0.255 e. The zero-order valence-corrected chi connectivity index (χ0v) is 11.8. The topological polar surface area (TPSA) is 83.7 Å². The van der Waals surface area contributed by atoms with Crippen molar-refractivity contribution >= 4 is 9.84 Å². The van der Waals surface area contributed by atoms with Crippen molar-refractivity contribution in [2.24, 2.45) is 0 Å². The van der Waals surface area contributed by atoms with E-state index < -0.39 is 9.84 Å². The Labute approximate surface area is 117 Å². The summed E-state index contributed by atoms with van der Waals surface area (Å²) in [7, 11) is -3.46. The Hall–Kier alpha value is -2.26. The van der Waals surface area contributed by atoms with Crippen molar-refractivity contribution in [2.75, 3.05) is 5.75 Å². The van der Waals surface area contributed by atoms with Crippen molar-refractivity contribution in [2.45, 2.75) is 18.2 Å². The van der Waals surface area contributed by atoms with Gasteiger partial charge in [0, 0.05) is 6.20 Å². The highest BCUT2D eigenvalue weighted by Gasteiger charge is 2.19. The van der Waals surface area contributed by atoms with Crippen LogP contribution < -0.4 is 0 Å². The quantitative estimate of drug-likeness (QED) is 0.860. The number of pyridine rings is 2. The second-order valence-electron chi connectivity index (χ2n) is 4.19. The predicted molar refractivity (Wildman–Crippen MR) is 74.5 cm³/mol. The number of sulfone groups is 1. The molecule has 0 atom stereocenters. The van der Waals surface area contributed by atoms with E-state index in [1.165, 1.54) is 6.07 Å². The molecule has 0 fully saturated rings. The Morgan fingerprint density at radius 1 is 1.20 bits per heavy atom. The molecule has 0 amide bonds. The van der Waals surface area contributed by atoms with Crippen LogP contribution in [-0.4, -0.2) is 24.1 Å². The van der Waals surface area contributed by atoms with E-state index in [-0.39, 0.29) is 16.3 Å². The standard InChI is InChI=1S/C14H13N3O2S/c1-2-9-20(18,19)14-7-6-12(17-13(14)10-15)11-5-3-4-8-16-11/h3-8H,2,9H2,1H3. The van der Waals surface area contributed by atoms with Gasteiger partial charge in [-0.1, -0.05) is 13.0 Å². The summed E-state index contributed by atoms with van der Waals surface area (Å²) >= 11 is 0. The van der Waals surface area contributed by atoms with Crippen molar-refractivity contribution in [1.82, 2.24) is 9.97 Å². The van der Waals surface area contributed by atoms with Gasteiger partial charge < -0.3 is 0 Å². The molecule has 6 heteroatoms. The highest BCUT2D eigenvalue weighted by atomic mass is 32.2. The Balaban J connectivity index is 2.53. The van der Waals surface area contributed by atoms with Crippen LogP contribution >= 0.6 is 0 Å². The molecule has 0 radical (unpaired) electrons. The van der Waals surface area contributed by atoms with Gasteiger partial charge in [-0.2, -0.15) is 5.26 Å². The lowest BCUT2D eigenvalue weighted by atomic mass is 10.2. The Morgan fingerprint density at radius 3 is 2.60 bits per heavy atom. The van der Waals surface area contributed by atoms with Gasteiger partial charge in [-0.25, -0.2) is 13.4 Å². The highest BCUT2D eigenvalue weighted by Crippen LogP contribution is 2.21. The summed E-state index contributed by atoms with van der Waals surface area (Å²) in [6.07, 6.45) is 2.11. The van der Waals surface area contributed by atoms with E-state index in [4.69, 9.17) is 5.26 Å². The molecule has 2 aromatic rings. The molecular formula is C14H13N3O2S. The van der Waals surface area contributed by atoms with Crippen LogP contribution in [0, 0.1) is 11.3 Å². The van der Waals surface area contributed by atoms with Crippen LogP contribution in [0.3, 0.4) is 0 Å². The molecule has 0 aliphatic rings. The minimum absolute atomic E-state index is 0.00624. The molecule has 0 aromatic carbocycles. The van der Waals surface area contributed by atoms with Gasteiger partial charge in [0.2, 0.25) is 0 Å². The summed E-state index contributed by atoms with van der Waals surface area (Å²) in [5, 5.41) is 9.12. The third-order valence-electron chi connectivity index (χ3n) is 2.70. The monoisotopic (exact) mass is 287 g/mol. The maximum atomic E-state index is 12.1. The van der Waals surface area contributed by atoms with Gasteiger partial charge in [0.1, 0.15) is 11.0 Å². The number of rotatable bonds is 4. The average Bonchev–Trinajstić information content (AvgIpc) is 2.47. The molecule has 2 aromatic heterocycles. The summed E-state index contributed by atoms with van der Waals surface area (Å²) in [4.78, 5) is 8.23. The smallest absolute Gasteiger partial charge is 0.181 e. The fourth-order valence-corrected chi connectivity index (χ4v) is 3.23. The van der Waals surface area contributed by atoms with E-state index in [0.29, 0.717) is 17.8 Å². The normalized spacial score (nSPS) is 11.0. The molecule has 0 aliphatic carbocycles. The van der Waals surface area contributed by atoms with Crippen molar-refractivity contribution in [3.05, 3.63) is 42.2 Å². The molecule has 2 heterocycles. The molecule has 0 saturated heterocycles. The van der Waals surface area contributed by atoms with Crippen LogP contribution in [-0.2, 0) is 9.84 Å².